The van der Waals surface area contributed by atoms with E-state index in [9.17, 15) is 4.39 Å². The molecule has 0 amide bonds. The largest absolute Gasteiger partial charge is 0.337 e. The molecule has 3 heterocycles. The van der Waals surface area contributed by atoms with Gasteiger partial charge in [-0.3, -0.25) is 0 Å². The predicted molar refractivity (Wildman–Crippen MR) is 74.4 cm³/mol. The molecule has 0 spiro atoms. The van der Waals surface area contributed by atoms with E-state index in [0.717, 1.165) is 5.56 Å². The number of hydrogen-bond acceptors (Lipinski definition) is 4. The SMILES string of the molecule is N#CC1CN(c2nc3n(n2)C(c2ccccc2)CC3F)C1. The van der Waals surface area contributed by atoms with Crippen LogP contribution in [-0.2, 0) is 0 Å². The van der Waals surface area contributed by atoms with Crippen LogP contribution < -0.4 is 4.90 Å². The number of aromatic nitrogens is 3. The van der Waals surface area contributed by atoms with Gasteiger partial charge in [-0.1, -0.05) is 30.3 Å². The first kappa shape index (κ1) is 12.3. The summed E-state index contributed by atoms with van der Waals surface area (Å²) in [6.45, 7) is 1.26. The third-order valence-corrected chi connectivity index (χ3v) is 4.18. The van der Waals surface area contributed by atoms with Crippen molar-refractivity contribution in [2.45, 2.75) is 18.6 Å². The van der Waals surface area contributed by atoms with Crippen molar-refractivity contribution in [2.24, 2.45) is 5.92 Å². The Labute approximate surface area is 121 Å². The molecule has 106 valence electrons. The van der Waals surface area contributed by atoms with Crippen molar-refractivity contribution in [3.8, 4) is 6.07 Å². The molecule has 2 aliphatic rings. The molecule has 2 unspecified atom stereocenters. The minimum Gasteiger partial charge on any atom is -0.337 e. The molecule has 21 heavy (non-hydrogen) atoms. The highest BCUT2D eigenvalue weighted by Crippen LogP contribution is 2.40. The summed E-state index contributed by atoms with van der Waals surface area (Å²) in [5, 5.41) is 13.3. The second kappa shape index (κ2) is 4.55. The third kappa shape index (κ3) is 1.88. The van der Waals surface area contributed by atoms with Crippen LogP contribution in [0.25, 0.3) is 0 Å². The third-order valence-electron chi connectivity index (χ3n) is 4.18. The van der Waals surface area contributed by atoms with Crippen LogP contribution in [0, 0.1) is 17.2 Å². The molecule has 5 nitrogen and oxygen atoms in total. The zero-order valence-corrected chi connectivity index (χ0v) is 11.4. The predicted octanol–water partition coefficient (Wildman–Crippen LogP) is 2.24. The molecule has 0 bridgehead atoms. The van der Waals surface area contributed by atoms with Gasteiger partial charge in [-0.05, 0) is 5.56 Å². The number of benzene rings is 1. The maximum absolute atomic E-state index is 14.2. The summed E-state index contributed by atoms with van der Waals surface area (Å²) in [5.41, 5.74) is 1.05. The summed E-state index contributed by atoms with van der Waals surface area (Å²) in [6.07, 6.45) is -0.690. The van der Waals surface area contributed by atoms with Gasteiger partial charge in [0.15, 0.2) is 12.0 Å². The van der Waals surface area contributed by atoms with Crippen LogP contribution in [0.15, 0.2) is 30.3 Å². The molecular formula is C15H14FN5. The van der Waals surface area contributed by atoms with Crippen molar-refractivity contribution in [3.63, 3.8) is 0 Å². The molecule has 2 atom stereocenters. The number of anilines is 1. The molecule has 2 aromatic rings. The zero-order chi connectivity index (χ0) is 14.4. The van der Waals surface area contributed by atoms with E-state index >= 15 is 0 Å². The van der Waals surface area contributed by atoms with Gasteiger partial charge in [0.05, 0.1) is 18.0 Å². The summed E-state index contributed by atoms with van der Waals surface area (Å²) < 4.78 is 15.9. The van der Waals surface area contributed by atoms with Gasteiger partial charge < -0.3 is 4.90 Å². The van der Waals surface area contributed by atoms with Gasteiger partial charge in [0, 0.05) is 19.5 Å². The van der Waals surface area contributed by atoms with Crippen LogP contribution in [0.5, 0.6) is 0 Å². The summed E-state index contributed by atoms with van der Waals surface area (Å²) in [5.74, 6) is 0.980. The monoisotopic (exact) mass is 283 g/mol. The van der Waals surface area contributed by atoms with E-state index in [1.807, 2.05) is 35.2 Å². The molecule has 1 fully saturated rings. The Bertz CT molecular complexity index is 699. The number of alkyl halides is 1. The normalized spacial score (nSPS) is 24.5. The summed E-state index contributed by atoms with van der Waals surface area (Å²) in [7, 11) is 0. The van der Waals surface area contributed by atoms with Crippen molar-refractivity contribution >= 4 is 5.95 Å². The Morgan fingerprint density at radius 1 is 1.24 bits per heavy atom. The first-order valence-electron chi connectivity index (χ1n) is 7.06. The average Bonchev–Trinajstić information content (AvgIpc) is 3.00. The summed E-state index contributed by atoms with van der Waals surface area (Å²) in [6, 6.07) is 11.9. The van der Waals surface area contributed by atoms with Crippen LogP contribution in [-0.4, -0.2) is 27.9 Å². The number of nitriles is 1. The van der Waals surface area contributed by atoms with E-state index in [-0.39, 0.29) is 12.0 Å². The van der Waals surface area contributed by atoms with Gasteiger partial charge in [0.1, 0.15) is 0 Å². The first-order chi connectivity index (χ1) is 10.3. The Kier molecular flexibility index (Phi) is 2.67. The highest BCUT2D eigenvalue weighted by molar-refractivity contribution is 5.37. The Hall–Kier alpha value is -2.42. The van der Waals surface area contributed by atoms with Crippen molar-refractivity contribution in [1.82, 2.24) is 14.8 Å². The van der Waals surface area contributed by atoms with Gasteiger partial charge in [-0.2, -0.15) is 10.2 Å². The maximum Gasteiger partial charge on any atom is 0.245 e. The zero-order valence-electron chi connectivity index (χ0n) is 11.4. The van der Waals surface area contributed by atoms with Crippen LogP contribution in [0.2, 0.25) is 0 Å². The molecule has 0 radical (unpaired) electrons. The standard InChI is InChI=1S/C15H14FN5/c16-12-6-13(11-4-2-1-3-5-11)21-14(12)18-15(19-21)20-8-10(7-17)9-20/h1-5,10,12-13H,6,8-9H2. The summed E-state index contributed by atoms with van der Waals surface area (Å²) >= 11 is 0. The number of rotatable bonds is 2. The lowest BCUT2D eigenvalue weighted by Crippen LogP contribution is -2.46. The van der Waals surface area contributed by atoms with Gasteiger partial charge in [-0.15, -0.1) is 5.10 Å². The fraction of sp³-hybridized carbons (Fsp3) is 0.400. The fourth-order valence-corrected chi connectivity index (χ4v) is 2.98. The Balaban J connectivity index is 1.64. The Morgan fingerprint density at radius 2 is 2.00 bits per heavy atom. The molecule has 1 saturated heterocycles. The lowest BCUT2D eigenvalue weighted by molar-refractivity contribution is 0.328. The quantitative estimate of drug-likeness (QED) is 0.848. The van der Waals surface area contributed by atoms with Crippen molar-refractivity contribution < 1.29 is 4.39 Å². The molecule has 4 rings (SSSR count). The molecule has 0 N–H and O–H groups in total. The van der Waals surface area contributed by atoms with E-state index in [1.165, 1.54) is 0 Å². The lowest BCUT2D eigenvalue weighted by Gasteiger charge is -2.34. The van der Waals surface area contributed by atoms with Crippen molar-refractivity contribution in [2.75, 3.05) is 18.0 Å². The molecule has 0 saturated carbocycles. The van der Waals surface area contributed by atoms with Gasteiger partial charge in [-0.25, -0.2) is 9.07 Å². The number of fused-ring (bicyclic) bond motifs is 1. The van der Waals surface area contributed by atoms with E-state index in [0.29, 0.717) is 31.3 Å². The average molecular weight is 283 g/mol. The number of hydrogen-bond donors (Lipinski definition) is 0. The van der Waals surface area contributed by atoms with Crippen LogP contribution in [0.3, 0.4) is 0 Å². The van der Waals surface area contributed by atoms with E-state index in [2.05, 4.69) is 16.2 Å². The van der Waals surface area contributed by atoms with Gasteiger partial charge >= 0.3 is 0 Å². The lowest BCUT2D eigenvalue weighted by atomic mass is 10.0. The van der Waals surface area contributed by atoms with Crippen molar-refractivity contribution in [3.05, 3.63) is 41.7 Å². The highest BCUT2D eigenvalue weighted by atomic mass is 19.1. The number of nitrogens with zero attached hydrogens (tertiary/aromatic N) is 5. The van der Waals surface area contributed by atoms with Gasteiger partial charge in [0.2, 0.25) is 5.95 Å². The maximum atomic E-state index is 14.2. The smallest absolute Gasteiger partial charge is 0.245 e. The minimum atomic E-state index is -1.08. The van der Waals surface area contributed by atoms with Crippen LogP contribution in [0.1, 0.15) is 30.0 Å². The minimum absolute atomic E-state index is 0.0365. The van der Waals surface area contributed by atoms with Crippen molar-refractivity contribution in [1.29, 1.82) is 5.26 Å². The second-order valence-corrected chi connectivity index (χ2v) is 5.58. The topological polar surface area (TPSA) is 57.7 Å². The molecule has 0 aliphatic carbocycles. The molecule has 1 aromatic carbocycles. The van der Waals surface area contributed by atoms with E-state index in [1.54, 1.807) is 4.68 Å². The van der Waals surface area contributed by atoms with Crippen LogP contribution in [0.4, 0.5) is 10.3 Å². The molecule has 1 aromatic heterocycles. The van der Waals surface area contributed by atoms with E-state index in [4.69, 9.17) is 5.26 Å². The summed E-state index contributed by atoms with van der Waals surface area (Å²) in [4.78, 5) is 6.26. The van der Waals surface area contributed by atoms with Crippen LogP contribution >= 0.6 is 0 Å². The second-order valence-electron chi connectivity index (χ2n) is 5.58. The van der Waals surface area contributed by atoms with Gasteiger partial charge in [0.25, 0.3) is 0 Å². The first-order valence-corrected chi connectivity index (χ1v) is 7.06. The Morgan fingerprint density at radius 3 is 2.71 bits per heavy atom. The molecule has 2 aliphatic heterocycles. The molecular weight excluding hydrogens is 269 g/mol. The number of halogens is 1. The fourth-order valence-electron chi connectivity index (χ4n) is 2.98. The molecule has 6 heteroatoms. The highest BCUT2D eigenvalue weighted by Gasteiger charge is 2.38. The van der Waals surface area contributed by atoms with E-state index < -0.39 is 6.17 Å².